The Hall–Kier alpha value is 0.350. The van der Waals surface area contributed by atoms with E-state index in [0.717, 1.165) is 28.6 Å². The summed E-state index contributed by atoms with van der Waals surface area (Å²) < 4.78 is 23.9. The topological polar surface area (TPSA) is 55.8 Å². The maximum Gasteiger partial charge on any atom is 0.368 e. The van der Waals surface area contributed by atoms with Gasteiger partial charge in [-0.3, -0.25) is 4.57 Å². The SMILES string of the molecule is CCOP(=O)(O)c1cc2c(s1)C1(CC(C)(C)O2)SCCCS1. The van der Waals surface area contributed by atoms with Crippen molar-refractivity contribution >= 4 is 47.1 Å². The van der Waals surface area contributed by atoms with Crippen molar-refractivity contribution in [3.8, 4) is 5.75 Å². The Labute approximate surface area is 143 Å². The molecule has 0 amide bonds. The molecule has 0 radical (unpaired) electrons. The predicted molar refractivity (Wildman–Crippen MR) is 95.9 cm³/mol. The molecular formula is C14H21O4PS3. The molecule has 1 unspecified atom stereocenters. The second-order valence-corrected chi connectivity index (χ2v) is 12.2. The Kier molecular flexibility index (Phi) is 4.70. The van der Waals surface area contributed by atoms with Gasteiger partial charge in [0.2, 0.25) is 0 Å². The molecule has 124 valence electrons. The van der Waals surface area contributed by atoms with E-state index in [9.17, 15) is 9.46 Å². The molecule has 1 atom stereocenters. The van der Waals surface area contributed by atoms with Crippen LogP contribution in [0.25, 0.3) is 0 Å². The molecule has 0 bridgehead atoms. The standard InChI is InChI=1S/C14H21O4PS3/c1-4-17-19(15,16)11-8-10-12(22-11)14(9-13(2,3)18-10)20-6-5-7-21-14/h8H,4-7,9H2,1-3H3,(H,15,16). The Morgan fingerprint density at radius 2 is 2.09 bits per heavy atom. The van der Waals surface area contributed by atoms with Crippen LogP contribution in [-0.4, -0.2) is 28.6 Å². The Balaban J connectivity index is 2.05. The Morgan fingerprint density at radius 1 is 1.41 bits per heavy atom. The maximum absolute atomic E-state index is 12.3. The number of thioether (sulfide) groups is 2. The molecule has 0 aromatic carbocycles. The molecule has 1 aromatic heterocycles. The summed E-state index contributed by atoms with van der Waals surface area (Å²) in [6, 6.07) is 1.72. The highest BCUT2D eigenvalue weighted by atomic mass is 32.2. The molecule has 1 spiro atoms. The van der Waals surface area contributed by atoms with Crippen molar-refractivity contribution in [2.24, 2.45) is 0 Å². The average molecular weight is 380 g/mol. The summed E-state index contributed by atoms with van der Waals surface area (Å²) in [6.45, 7) is 6.12. The zero-order valence-corrected chi connectivity index (χ0v) is 16.3. The number of hydrogen-bond donors (Lipinski definition) is 1. The normalized spacial score (nSPS) is 25.3. The van der Waals surface area contributed by atoms with E-state index in [1.165, 1.54) is 17.8 Å². The van der Waals surface area contributed by atoms with Crippen molar-refractivity contribution in [1.82, 2.24) is 0 Å². The van der Waals surface area contributed by atoms with Gasteiger partial charge in [-0.1, -0.05) is 0 Å². The molecule has 1 fully saturated rings. The first-order chi connectivity index (χ1) is 10.3. The van der Waals surface area contributed by atoms with Gasteiger partial charge in [0.1, 0.15) is 20.0 Å². The highest BCUT2D eigenvalue weighted by Gasteiger charge is 2.49. The lowest BCUT2D eigenvalue weighted by Gasteiger charge is -2.45. The van der Waals surface area contributed by atoms with Crippen LogP contribution in [0.1, 0.15) is 38.5 Å². The molecule has 0 saturated carbocycles. The van der Waals surface area contributed by atoms with Crippen LogP contribution in [-0.2, 0) is 13.2 Å². The third-order valence-electron chi connectivity index (χ3n) is 3.62. The van der Waals surface area contributed by atoms with Crippen LogP contribution in [0.2, 0.25) is 0 Å². The molecule has 1 saturated heterocycles. The minimum Gasteiger partial charge on any atom is -0.486 e. The second kappa shape index (κ2) is 6.01. The fraction of sp³-hybridized carbons (Fsp3) is 0.714. The molecule has 8 heteroatoms. The van der Waals surface area contributed by atoms with E-state index in [2.05, 4.69) is 13.8 Å². The summed E-state index contributed by atoms with van der Waals surface area (Å²) in [5.41, 5.74) is -0.270. The third kappa shape index (κ3) is 3.13. The Bertz CT molecular complexity index is 607. The van der Waals surface area contributed by atoms with E-state index in [-0.39, 0.29) is 16.3 Å². The fourth-order valence-electron chi connectivity index (χ4n) is 2.86. The fourth-order valence-corrected chi connectivity index (χ4v) is 9.54. The lowest BCUT2D eigenvalue weighted by Crippen LogP contribution is -2.41. The van der Waals surface area contributed by atoms with Crippen LogP contribution < -0.4 is 9.36 Å². The number of thiophene rings is 1. The average Bonchev–Trinajstić information content (AvgIpc) is 2.83. The van der Waals surface area contributed by atoms with E-state index < -0.39 is 7.60 Å². The molecule has 0 aliphatic carbocycles. The van der Waals surface area contributed by atoms with Crippen molar-refractivity contribution in [1.29, 1.82) is 0 Å². The van der Waals surface area contributed by atoms with Crippen molar-refractivity contribution < 1.29 is 18.7 Å². The van der Waals surface area contributed by atoms with Crippen molar-refractivity contribution in [3.63, 3.8) is 0 Å². The molecular weight excluding hydrogens is 359 g/mol. The van der Waals surface area contributed by atoms with Crippen LogP contribution >= 0.6 is 42.5 Å². The molecule has 3 heterocycles. The van der Waals surface area contributed by atoms with Gasteiger partial charge >= 0.3 is 7.60 Å². The zero-order valence-electron chi connectivity index (χ0n) is 13.0. The largest absolute Gasteiger partial charge is 0.486 e. The quantitative estimate of drug-likeness (QED) is 0.794. The van der Waals surface area contributed by atoms with Crippen LogP contribution in [0.3, 0.4) is 0 Å². The molecule has 4 nitrogen and oxygen atoms in total. The number of hydrogen-bond acceptors (Lipinski definition) is 6. The van der Waals surface area contributed by atoms with E-state index in [4.69, 9.17) is 9.26 Å². The van der Waals surface area contributed by atoms with E-state index in [1.807, 2.05) is 23.5 Å². The second-order valence-electron chi connectivity index (χ2n) is 6.06. The van der Waals surface area contributed by atoms with E-state index >= 15 is 0 Å². The first-order valence-electron chi connectivity index (χ1n) is 7.37. The van der Waals surface area contributed by atoms with Gasteiger partial charge in [0, 0.05) is 12.5 Å². The minimum atomic E-state index is -3.74. The summed E-state index contributed by atoms with van der Waals surface area (Å²) >= 11 is 5.28. The van der Waals surface area contributed by atoms with Gasteiger partial charge in [0.05, 0.1) is 11.5 Å². The molecule has 3 rings (SSSR count). The molecule has 22 heavy (non-hydrogen) atoms. The predicted octanol–water partition coefficient (Wildman–Crippen LogP) is 4.18. The van der Waals surface area contributed by atoms with Crippen molar-refractivity contribution in [2.45, 2.75) is 43.3 Å². The van der Waals surface area contributed by atoms with Crippen LogP contribution in [0.5, 0.6) is 5.75 Å². The van der Waals surface area contributed by atoms with Gasteiger partial charge in [-0.25, -0.2) is 0 Å². The monoisotopic (exact) mass is 380 g/mol. The van der Waals surface area contributed by atoms with Crippen LogP contribution in [0.4, 0.5) is 0 Å². The van der Waals surface area contributed by atoms with E-state index in [0.29, 0.717) is 4.62 Å². The minimum absolute atomic E-state index is 0.0511. The smallest absolute Gasteiger partial charge is 0.368 e. The summed E-state index contributed by atoms with van der Waals surface area (Å²) in [5, 5.41) is 0. The van der Waals surface area contributed by atoms with Crippen LogP contribution in [0.15, 0.2) is 6.07 Å². The third-order valence-corrected chi connectivity index (χ3v) is 10.5. The zero-order chi connectivity index (χ0) is 16.0. The number of rotatable bonds is 3. The highest BCUT2D eigenvalue weighted by Crippen LogP contribution is 2.62. The summed E-state index contributed by atoms with van der Waals surface area (Å²) in [5.74, 6) is 3.00. The summed E-state index contributed by atoms with van der Waals surface area (Å²) in [6.07, 6.45) is 2.12. The number of ether oxygens (including phenoxy) is 1. The van der Waals surface area contributed by atoms with Gasteiger partial charge in [-0.05, 0) is 38.7 Å². The number of fused-ring (bicyclic) bond motifs is 2. The lowest BCUT2D eigenvalue weighted by atomic mass is 9.98. The van der Waals surface area contributed by atoms with E-state index in [1.54, 1.807) is 13.0 Å². The molecule has 1 aromatic rings. The summed E-state index contributed by atoms with van der Waals surface area (Å²) in [4.78, 5) is 11.2. The Morgan fingerprint density at radius 3 is 2.73 bits per heavy atom. The van der Waals surface area contributed by atoms with Gasteiger partial charge in [-0.2, -0.15) is 0 Å². The van der Waals surface area contributed by atoms with Gasteiger partial charge in [0.15, 0.2) is 0 Å². The van der Waals surface area contributed by atoms with Crippen molar-refractivity contribution in [2.75, 3.05) is 18.1 Å². The van der Waals surface area contributed by atoms with Gasteiger partial charge in [0.25, 0.3) is 0 Å². The molecule has 2 aliphatic rings. The highest BCUT2D eigenvalue weighted by molar-refractivity contribution is 8.18. The lowest BCUT2D eigenvalue weighted by molar-refractivity contribution is 0.0808. The van der Waals surface area contributed by atoms with Gasteiger partial charge in [-0.15, -0.1) is 34.9 Å². The first-order valence-corrected chi connectivity index (χ1v) is 11.7. The maximum atomic E-state index is 12.3. The van der Waals surface area contributed by atoms with Gasteiger partial charge < -0.3 is 14.2 Å². The molecule has 1 N–H and O–H groups in total. The van der Waals surface area contributed by atoms with Crippen LogP contribution in [0, 0.1) is 0 Å². The first kappa shape index (κ1) is 17.2. The van der Waals surface area contributed by atoms with Crippen molar-refractivity contribution in [3.05, 3.63) is 10.9 Å². The summed E-state index contributed by atoms with van der Waals surface area (Å²) in [7, 11) is -3.74. The molecule has 2 aliphatic heterocycles.